The van der Waals surface area contributed by atoms with Gasteiger partial charge in [0.1, 0.15) is 11.5 Å². The van der Waals surface area contributed by atoms with Crippen LogP contribution in [-0.2, 0) is 4.79 Å². The molecule has 116 valence electrons. The van der Waals surface area contributed by atoms with Crippen LogP contribution >= 0.6 is 35.4 Å². The molecule has 0 atom stereocenters. The largest absolute Gasteiger partial charge is 0.327 e. The highest BCUT2D eigenvalue weighted by molar-refractivity contribution is 7.80. The molecule has 2 aromatic rings. The zero-order valence-electron chi connectivity index (χ0n) is 11.5. The van der Waals surface area contributed by atoms with Gasteiger partial charge in [-0.3, -0.25) is 9.69 Å². The maximum atomic E-state index is 13.0. The minimum absolute atomic E-state index is 0.220. The van der Waals surface area contributed by atoms with Crippen molar-refractivity contribution < 1.29 is 9.18 Å². The van der Waals surface area contributed by atoms with Gasteiger partial charge in [-0.25, -0.2) is 4.39 Å². The average Bonchev–Trinajstić information content (AvgIpc) is 2.78. The van der Waals surface area contributed by atoms with Gasteiger partial charge in [0.05, 0.1) is 5.69 Å². The maximum Gasteiger partial charge on any atom is 0.281 e. The number of hydrogen-bond donors (Lipinski definition) is 1. The number of nitrogens with one attached hydrogen (secondary N) is 1. The summed E-state index contributed by atoms with van der Waals surface area (Å²) in [5.41, 5.74) is 1.40. The van der Waals surface area contributed by atoms with Crippen molar-refractivity contribution >= 4 is 58.2 Å². The van der Waals surface area contributed by atoms with Gasteiger partial charge in [0.2, 0.25) is 0 Å². The highest BCUT2D eigenvalue weighted by Crippen LogP contribution is 2.26. The number of rotatable bonds is 2. The van der Waals surface area contributed by atoms with Gasteiger partial charge in [-0.1, -0.05) is 29.3 Å². The lowest BCUT2D eigenvalue weighted by atomic mass is 10.2. The molecule has 1 aliphatic rings. The van der Waals surface area contributed by atoms with E-state index in [1.54, 1.807) is 24.3 Å². The molecule has 0 bridgehead atoms. The topological polar surface area (TPSA) is 32.3 Å². The molecule has 1 amide bonds. The molecular weight excluding hydrogens is 358 g/mol. The minimum Gasteiger partial charge on any atom is -0.327 e. The Morgan fingerprint density at radius 1 is 1.13 bits per heavy atom. The lowest BCUT2D eigenvalue weighted by Gasteiger charge is -2.13. The van der Waals surface area contributed by atoms with E-state index in [0.29, 0.717) is 21.3 Å². The first-order valence-electron chi connectivity index (χ1n) is 6.53. The molecule has 3 nitrogen and oxygen atoms in total. The summed E-state index contributed by atoms with van der Waals surface area (Å²) in [7, 11) is 0. The molecule has 7 heteroatoms. The second-order valence-corrected chi connectivity index (χ2v) is 6.00. The fraction of sp³-hybridized carbons (Fsp3) is 0. The van der Waals surface area contributed by atoms with Gasteiger partial charge < -0.3 is 5.32 Å². The van der Waals surface area contributed by atoms with Gasteiger partial charge in [-0.15, -0.1) is 0 Å². The summed E-state index contributed by atoms with van der Waals surface area (Å²) < 4.78 is 13.0. The molecule has 0 aliphatic carbocycles. The Bertz CT molecular complexity index is 836. The first-order chi connectivity index (χ1) is 11.0. The van der Waals surface area contributed by atoms with Crippen molar-refractivity contribution in [2.24, 2.45) is 0 Å². The van der Waals surface area contributed by atoms with Crippen LogP contribution in [0.25, 0.3) is 6.08 Å². The molecule has 2 aromatic carbocycles. The molecule has 23 heavy (non-hydrogen) atoms. The Kier molecular flexibility index (Phi) is 4.35. The molecule has 1 aliphatic heterocycles. The highest BCUT2D eigenvalue weighted by atomic mass is 35.5. The van der Waals surface area contributed by atoms with Crippen molar-refractivity contribution in [3.05, 3.63) is 69.6 Å². The SMILES string of the molecule is O=C1/C(=C\c2ccc(Cl)cc2Cl)NC(=S)N1c1ccc(F)cc1. The number of halogens is 3. The molecule has 1 heterocycles. The first-order valence-corrected chi connectivity index (χ1v) is 7.70. The summed E-state index contributed by atoms with van der Waals surface area (Å²) in [6, 6.07) is 10.5. The van der Waals surface area contributed by atoms with E-state index in [-0.39, 0.29) is 22.5 Å². The lowest BCUT2D eigenvalue weighted by Crippen LogP contribution is -2.30. The van der Waals surface area contributed by atoms with Crippen molar-refractivity contribution in [2.45, 2.75) is 0 Å². The Morgan fingerprint density at radius 2 is 1.83 bits per heavy atom. The van der Waals surface area contributed by atoms with Crippen LogP contribution in [0.2, 0.25) is 10.0 Å². The summed E-state index contributed by atoms with van der Waals surface area (Å²) in [4.78, 5) is 13.8. The van der Waals surface area contributed by atoms with Crippen LogP contribution in [0.15, 0.2) is 48.2 Å². The summed E-state index contributed by atoms with van der Waals surface area (Å²) in [5.74, 6) is -0.726. The number of amides is 1. The Hall–Kier alpha value is -1.95. The van der Waals surface area contributed by atoms with Crippen LogP contribution in [0.1, 0.15) is 5.56 Å². The molecule has 0 unspecified atom stereocenters. The van der Waals surface area contributed by atoms with Crippen molar-refractivity contribution in [3.63, 3.8) is 0 Å². The summed E-state index contributed by atoms with van der Waals surface area (Å²) >= 11 is 17.1. The number of carbonyl (C=O) groups is 1. The second kappa shape index (κ2) is 6.28. The number of anilines is 1. The average molecular weight is 367 g/mol. The van der Waals surface area contributed by atoms with Gasteiger partial charge in [0, 0.05) is 10.0 Å². The highest BCUT2D eigenvalue weighted by Gasteiger charge is 2.32. The van der Waals surface area contributed by atoms with Crippen LogP contribution in [0.3, 0.4) is 0 Å². The Balaban J connectivity index is 1.94. The van der Waals surface area contributed by atoms with Crippen molar-refractivity contribution in [2.75, 3.05) is 4.90 Å². The summed E-state index contributed by atoms with van der Waals surface area (Å²) in [6.45, 7) is 0. The van der Waals surface area contributed by atoms with Crippen molar-refractivity contribution in [3.8, 4) is 0 Å². The maximum absolute atomic E-state index is 13.0. The number of thiocarbonyl (C=S) groups is 1. The molecule has 3 rings (SSSR count). The molecule has 1 fully saturated rings. The van der Waals surface area contributed by atoms with E-state index in [0.717, 1.165) is 0 Å². The third-order valence-electron chi connectivity index (χ3n) is 3.23. The van der Waals surface area contributed by atoms with E-state index >= 15 is 0 Å². The third kappa shape index (κ3) is 3.22. The molecule has 1 saturated heterocycles. The summed E-state index contributed by atoms with van der Waals surface area (Å²) in [5, 5.41) is 3.99. The number of hydrogen-bond acceptors (Lipinski definition) is 2. The minimum atomic E-state index is -0.386. The van der Waals surface area contributed by atoms with E-state index in [1.807, 2.05) is 0 Å². The van der Waals surface area contributed by atoms with Gasteiger partial charge in [-0.2, -0.15) is 0 Å². The van der Waals surface area contributed by atoms with Gasteiger partial charge in [0.25, 0.3) is 5.91 Å². The van der Waals surface area contributed by atoms with Crippen LogP contribution < -0.4 is 10.2 Å². The smallest absolute Gasteiger partial charge is 0.281 e. The normalized spacial score (nSPS) is 16.1. The monoisotopic (exact) mass is 366 g/mol. The number of nitrogens with zero attached hydrogens (tertiary/aromatic N) is 1. The first kappa shape index (κ1) is 15.9. The van der Waals surface area contributed by atoms with Crippen LogP contribution in [0.4, 0.5) is 10.1 Å². The van der Waals surface area contributed by atoms with E-state index in [1.165, 1.54) is 29.2 Å². The zero-order chi connectivity index (χ0) is 16.6. The number of carbonyl (C=O) groups excluding carboxylic acids is 1. The van der Waals surface area contributed by atoms with Crippen LogP contribution in [0.5, 0.6) is 0 Å². The van der Waals surface area contributed by atoms with Crippen molar-refractivity contribution in [1.29, 1.82) is 0 Å². The fourth-order valence-corrected chi connectivity index (χ4v) is 2.90. The van der Waals surface area contributed by atoms with E-state index in [4.69, 9.17) is 35.4 Å². The molecule has 0 saturated carbocycles. The number of benzene rings is 2. The predicted molar refractivity (Wildman–Crippen MR) is 94.1 cm³/mol. The fourth-order valence-electron chi connectivity index (χ4n) is 2.13. The van der Waals surface area contributed by atoms with Crippen LogP contribution in [0, 0.1) is 5.82 Å². The molecule has 0 radical (unpaired) electrons. The van der Waals surface area contributed by atoms with E-state index in [2.05, 4.69) is 5.32 Å². The molecular formula is C16H9Cl2FN2OS. The summed E-state index contributed by atoms with van der Waals surface area (Å²) in [6.07, 6.45) is 1.59. The van der Waals surface area contributed by atoms with E-state index < -0.39 is 0 Å². The van der Waals surface area contributed by atoms with Gasteiger partial charge in [0.15, 0.2) is 5.11 Å². The molecule has 1 N–H and O–H groups in total. The third-order valence-corrected chi connectivity index (χ3v) is 4.07. The zero-order valence-corrected chi connectivity index (χ0v) is 13.8. The Morgan fingerprint density at radius 3 is 2.48 bits per heavy atom. The molecule has 0 spiro atoms. The second-order valence-electron chi connectivity index (χ2n) is 4.77. The predicted octanol–water partition coefficient (Wildman–Crippen LogP) is 4.39. The lowest BCUT2D eigenvalue weighted by molar-refractivity contribution is -0.113. The standard InChI is InChI=1S/C16H9Cl2FN2OS/c17-10-2-1-9(13(18)8-10)7-14-15(22)21(16(23)20-14)12-5-3-11(19)4-6-12/h1-8H,(H,20,23)/b14-7+. The Labute approximate surface area is 147 Å². The van der Waals surface area contributed by atoms with Crippen molar-refractivity contribution in [1.82, 2.24) is 5.32 Å². The molecule has 0 aromatic heterocycles. The van der Waals surface area contributed by atoms with Gasteiger partial charge in [-0.05, 0) is 60.3 Å². The van der Waals surface area contributed by atoms with E-state index in [9.17, 15) is 9.18 Å². The van der Waals surface area contributed by atoms with Gasteiger partial charge >= 0.3 is 0 Å². The quantitative estimate of drug-likeness (QED) is 0.631. The van der Waals surface area contributed by atoms with Crippen LogP contribution in [-0.4, -0.2) is 11.0 Å².